The van der Waals surface area contributed by atoms with E-state index in [-0.39, 0.29) is 24.5 Å². The normalized spacial score (nSPS) is 19.2. The molecular formula is C22H28N2O3S. The van der Waals surface area contributed by atoms with Crippen molar-refractivity contribution in [3.05, 3.63) is 46.7 Å². The number of methoxy groups -OCH3 is 1. The maximum atomic E-state index is 13.1. The van der Waals surface area contributed by atoms with Gasteiger partial charge in [0, 0.05) is 26.2 Å². The molecular weight excluding hydrogens is 372 g/mol. The van der Waals surface area contributed by atoms with Crippen LogP contribution in [0.5, 0.6) is 0 Å². The number of hydrogen-bond donors (Lipinski definition) is 1. The van der Waals surface area contributed by atoms with Crippen LogP contribution in [-0.4, -0.2) is 49.6 Å². The lowest BCUT2D eigenvalue weighted by molar-refractivity contribution is -0.136. The molecule has 0 bridgehead atoms. The van der Waals surface area contributed by atoms with Gasteiger partial charge in [-0.2, -0.15) is 11.3 Å². The number of hydrogen-bond acceptors (Lipinski definition) is 4. The Hall–Kier alpha value is -2.18. The zero-order chi connectivity index (χ0) is 20.1. The number of nitrogens with zero attached hydrogens (tertiary/aromatic N) is 1. The number of carbonyl (C=O) groups excluding carboxylic acids is 2. The van der Waals surface area contributed by atoms with Gasteiger partial charge in [-0.15, -0.1) is 0 Å². The van der Waals surface area contributed by atoms with Crippen LogP contribution in [0.25, 0.3) is 11.1 Å². The van der Waals surface area contributed by atoms with Gasteiger partial charge in [0.05, 0.1) is 5.41 Å². The van der Waals surface area contributed by atoms with Gasteiger partial charge in [-0.1, -0.05) is 24.3 Å². The van der Waals surface area contributed by atoms with Crippen molar-refractivity contribution in [1.82, 2.24) is 10.2 Å². The van der Waals surface area contributed by atoms with E-state index in [1.54, 1.807) is 16.2 Å². The zero-order valence-electron chi connectivity index (χ0n) is 16.7. The predicted molar refractivity (Wildman–Crippen MR) is 112 cm³/mol. The first kappa shape index (κ1) is 20.6. The van der Waals surface area contributed by atoms with E-state index < -0.39 is 5.41 Å². The second-order valence-electron chi connectivity index (χ2n) is 7.79. The average Bonchev–Trinajstić information content (AvgIpc) is 3.33. The Kier molecular flexibility index (Phi) is 6.52. The minimum absolute atomic E-state index is 0.0251. The Morgan fingerprint density at radius 3 is 2.57 bits per heavy atom. The zero-order valence-corrected chi connectivity index (χ0v) is 17.6. The molecule has 1 aromatic heterocycles. The minimum atomic E-state index is -0.600. The molecule has 1 atom stereocenters. The van der Waals surface area contributed by atoms with Gasteiger partial charge in [0.1, 0.15) is 6.61 Å². The third-order valence-corrected chi connectivity index (χ3v) is 5.91. The van der Waals surface area contributed by atoms with Crippen LogP contribution < -0.4 is 5.32 Å². The summed E-state index contributed by atoms with van der Waals surface area (Å²) in [6.45, 7) is 4.99. The van der Waals surface area contributed by atoms with Gasteiger partial charge in [0.2, 0.25) is 11.8 Å². The lowest BCUT2D eigenvalue weighted by Gasteiger charge is -2.29. The molecule has 28 heavy (non-hydrogen) atoms. The van der Waals surface area contributed by atoms with E-state index in [9.17, 15) is 9.59 Å². The summed E-state index contributed by atoms with van der Waals surface area (Å²) < 4.78 is 4.99. The molecule has 0 aliphatic carbocycles. The molecule has 1 fully saturated rings. The molecule has 0 unspecified atom stereocenters. The molecule has 2 aromatic rings. The summed E-state index contributed by atoms with van der Waals surface area (Å²) in [5.74, 6) is -0.0355. The lowest BCUT2D eigenvalue weighted by Crippen LogP contribution is -2.47. The van der Waals surface area contributed by atoms with Crippen molar-refractivity contribution in [2.24, 2.45) is 5.41 Å². The number of likely N-dealkylation sites (tertiary alicyclic amines) is 1. The molecule has 3 rings (SSSR count). The average molecular weight is 401 g/mol. The van der Waals surface area contributed by atoms with Crippen LogP contribution in [0.2, 0.25) is 0 Å². The second kappa shape index (κ2) is 8.88. The molecule has 0 saturated carbocycles. The van der Waals surface area contributed by atoms with Crippen LogP contribution in [-0.2, 0) is 20.7 Å². The maximum absolute atomic E-state index is 13.1. The Labute approximate surface area is 170 Å². The van der Waals surface area contributed by atoms with E-state index in [1.165, 1.54) is 18.2 Å². The van der Waals surface area contributed by atoms with E-state index in [0.29, 0.717) is 25.9 Å². The molecule has 1 saturated heterocycles. The van der Waals surface area contributed by atoms with Crippen molar-refractivity contribution in [1.29, 1.82) is 0 Å². The minimum Gasteiger partial charge on any atom is -0.375 e. The number of rotatable bonds is 7. The quantitative estimate of drug-likeness (QED) is 0.775. The second-order valence-corrected chi connectivity index (χ2v) is 8.57. The van der Waals surface area contributed by atoms with Crippen LogP contribution in [0.15, 0.2) is 41.1 Å². The summed E-state index contributed by atoms with van der Waals surface area (Å²) in [6, 6.07) is 10.6. The van der Waals surface area contributed by atoms with Crippen molar-refractivity contribution in [3.63, 3.8) is 0 Å². The number of thiophene rings is 1. The molecule has 6 heteroatoms. The van der Waals surface area contributed by atoms with Crippen molar-refractivity contribution in [2.75, 3.05) is 26.8 Å². The first-order valence-corrected chi connectivity index (χ1v) is 10.6. The fraction of sp³-hybridized carbons (Fsp3) is 0.455. The van der Waals surface area contributed by atoms with Crippen LogP contribution in [0.4, 0.5) is 0 Å². The molecule has 1 aliphatic rings. The standard InChI is InChI=1S/C22H28N2O3S/c1-16(2)23-21(26)22(9-10-24(15-22)20(25)13-27-3)12-17-4-6-18(7-5-17)19-8-11-28-14-19/h4-8,11,14,16H,9-10,12-13,15H2,1-3H3,(H,23,26)/t22-/m1/s1. The van der Waals surface area contributed by atoms with E-state index in [1.807, 2.05) is 13.8 Å². The summed E-state index contributed by atoms with van der Waals surface area (Å²) in [6.07, 6.45) is 1.28. The molecule has 1 aromatic carbocycles. The fourth-order valence-electron chi connectivity index (χ4n) is 3.76. The highest BCUT2D eigenvalue weighted by Crippen LogP contribution is 2.35. The highest BCUT2D eigenvalue weighted by atomic mass is 32.1. The third kappa shape index (κ3) is 4.62. The van der Waals surface area contributed by atoms with Gasteiger partial charge in [-0.05, 0) is 60.2 Å². The van der Waals surface area contributed by atoms with Crippen LogP contribution in [0.1, 0.15) is 25.8 Å². The summed E-state index contributed by atoms with van der Waals surface area (Å²) in [4.78, 5) is 27.1. The SMILES string of the molecule is COCC(=O)N1CC[C@](Cc2ccc(-c3ccsc3)cc2)(C(=O)NC(C)C)C1. The molecule has 0 spiro atoms. The van der Waals surface area contributed by atoms with Crippen molar-refractivity contribution in [2.45, 2.75) is 32.7 Å². The van der Waals surface area contributed by atoms with Gasteiger partial charge in [-0.25, -0.2) is 0 Å². The lowest BCUT2D eigenvalue weighted by atomic mass is 9.79. The van der Waals surface area contributed by atoms with Gasteiger partial charge >= 0.3 is 0 Å². The predicted octanol–water partition coefficient (Wildman–Crippen LogP) is 3.35. The molecule has 0 radical (unpaired) electrons. The number of amides is 2. The highest BCUT2D eigenvalue weighted by Gasteiger charge is 2.46. The van der Waals surface area contributed by atoms with E-state index in [0.717, 1.165) is 5.56 Å². The summed E-state index contributed by atoms with van der Waals surface area (Å²) >= 11 is 1.68. The molecule has 2 amide bonds. The smallest absolute Gasteiger partial charge is 0.248 e. The van der Waals surface area contributed by atoms with Crippen LogP contribution in [0, 0.1) is 5.41 Å². The topological polar surface area (TPSA) is 58.6 Å². The van der Waals surface area contributed by atoms with E-state index in [2.05, 4.69) is 46.4 Å². The van der Waals surface area contributed by atoms with Gasteiger partial charge in [0.15, 0.2) is 0 Å². The number of carbonyl (C=O) groups is 2. The summed E-state index contributed by atoms with van der Waals surface area (Å²) in [7, 11) is 1.52. The van der Waals surface area contributed by atoms with E-state index in [4.69, 9.17) is 4.74 Å². The van der Waals surface area contributed by atoms with Crippen LogP contribution in [0.3, 0.4) is 0 Å². The first-order valence-electron chi connectivity index (χ1n) is 9.63. The van der Waals surface area contributed by atoms with Crippen molar-refractivity contribution < 1.29 is 14.3 Å². The monoisotopic (exact) mass is 400 g/mol. The summed E-state index contributed by atoms with van der Waals surface area (Å²) in [5.41, 5.74) is 2.89. The Morgan fingerprint density at radius 1 is 1.21 bits per heavy atom. The molecule has 5 nitrogen and oxygen atoms in total. The van der Waals surface area contributed by atoms with Crippen LogP contribution >= 0.6 is 11.3 Å². The van der Waals surface area contributed by atoms with Crippen molar-refractivity contribution in [3.8, 4) is 11.1 Å². The van der Waals surface area contributed by atoms with Crippen molar-refractivity contribution >= 4 is 23.2 Å². The third-order valence-electron chi connectivity index (χ3n) is 5.23. The maximum Gasteiger partial charge on any atom is 0.248 e. The number of ether oxygens (including phenoxy) is 1. The Morgan fingerprint density at radius 2 is 1.96 bits per heavy atom. The molecule has 1 N–H and O–H groups in total. The van der Waals surface area contributed by atoms with E-state index >= 15 is 0 Å². The Bertz CT molecular complexity index is 802. The molecule has 150 valence electrons. The Balaban J connectivity index is 1.80. The first-order chi connectivity index (χ1) is 13.4. The number of nitrogens with one attached hydrogen (secondary N) is 1. The highest BCUT2D eigenvalue weighted by molar-refractivity contribution is 7.08. The molecule has 1 aliphatic heterocycles. The van der Waals surface area contributed by atoms with Gasteiger partial charge in [0.25, 0.3) is 0 Å². The van der Waals surface area contributed by atoms with Gasteiger partial charge in [-0.3, -0.25) is 9.59 Å². The fourth-order valence-corrected chi connectivity index (χ4v) is 4.42. The summed E-state index contributed by atoms with van der Waals surface area (Å²) in [5, 5.41) is 7.26. The molecule has 2 heterocycles. The van der Waals surface area contributed by atoms with Gasteiger partial charge < -0.3 is 15.0 Å². The number of benzene rings is 1. The largest absolute Gasteiger partial charge is 0.375 e.